The van der Waals surface area contributed by atoms with Crippen LogP contribution < -0.4 is 11.2 Å². The molecule has 0 fully saturated rings. The second kappa shape index (κ2) is 4.09. The molecular weight excluding hydrogens is 272 g/mol. The van der Waals surface area contributed by atoms with E-state index in [0.29, 0.717) is 5.69 Å². The fourth-order valence-corrected chi connectivity index (χ4v) is 2.10. The number of nitrogens with zero attached hydrogens (tertiary/aromatic N) is 1. The highest BCUT2D eigenvalue weighted by atomic mass is 79.9. The van der Waals surface area contributed by atoms with E-state index >= 15 is 0 Å². The summed E-state index contributed by atoms with van der Waals surface area (Å²) in [5.74, 6) is 0. The Morgan fingerprint density at radius 3 is 2.62 bits per heavy atom. The van der Waals surface area contributed by atoms with Crippen molar-refractivity contribution in [2.24, 2.45) is 0 Å². The van der Waals surface area contributed by atoms with Crippen LogP contribution in [0.5, 0.6) is 0 Å². The molecule has 0 aliphatic rings. The Hall–Kier alpha value is -1.62. The van der Waals surface area contributed by atoms with Crippen molar-refractivity contribution in [2.45, 2.75) is 6.92 Å². The summed E-state index contributed by atoms with van der Waals surface area (Å²) < 4.78 is 2.19. The zero-order valence-corrected chi connectivity index (χ0v) is 10.1. The Bertz CT molecular complexity index is 643. The Kier molecular flexibility index (Phi) is 2.78. The van der Waals surface area contributed by atoms with Crippen molar-refractivity contribution in [1.82, 2.24) is 9.55 Å². The monoisotopic (exact) mass is 280 g/mol. The molecule has 0 saturated heterocycles. The van der Waals surface area contributed by atoms with Crippen molar-refractivity contribution < 1.29 is 0 Å². The number of hydrogen-bond acceptors (Lipinski definition) is 2. The molecule has 1 N–H and O–H groups in total. The molecule has 4 nitrogen and oxygen atoms in total. The quantitative estimate of drug-likeness (QED) is 0.863. The normalized spacial score (nSPS) is 10.4. The van der Waals surface area contributed by atoms with E-state index in [2.05, 4.69) is 20.9 Å². The second-order valence-corrected chi connectivity index (χ2v) is 4.29. The molecule has 1 aromatic heterocycles. The van der Waals surface area contributed by atoms with Crippen LogP contribution in [0.1, 0.15) is 5.56 Å². The lowest BCUT2D eigenvalue weighted by Crippen LogP contribution is -2.27. The van der Waals surface area contributed by atoms with Crippen LogP contribution in [0.3, 0.4) is 0 Å². The van der Waals surface area contributed by atoms with Gasteiger partial charge in [-0.3, -0.25) is 14.3 Å². The maximum Gasteiger partial charge on any atom is 0.332 e. The molecule has 1 heterocycles. The molecule has 0 spiro atoms. The molecule has 0 bridgehead atoms. The van der Waals surface area contributed by atoms with Crippen LogP contribution in [0.4, 0.5) is 0 Å². The van der Waals surface area contributed by atoms with Crippen molar-refractivity contribution in [1.29, 1.82) is 0 Å². The molecule has 0 saturated carbocycles. The summed E-state index contributed by atoms with van der Waals surface area (Å²) in [4.78, 5) is 24.7. The maximum absolute atomic E-state index is 11.6. The molecule has 16 heavy (non-hydrogen) atoms. The summed E-state index contributed by atoms with van der Waals surface area (Å²) in [6, 6.07) is 6.94. The van der Waals surface area contributed by atoms with E-state index in [1.807, 2.05) is 25.1 Å². The number of aromatic amines is 1. The van der Waals surface area contributed by atoms with Gasteiger partial charge < -0.3 is 0 Å². The van der Waals surface area contributed by atoms with Gasteiger partial charge in [-0.2, -0.15) is 0 Å². The number of nitrogens with one attached hydrogen (secondary N) is 1. The van der Waals surface area contributed by atoms with E-state index in [9.17, 15) is 9.59 Å². The number of aromatic nitrogens is 2. The second-order valence-electron chi connectivity index (χ2n) is 3.44. The van der Waals surface area contributed by atoms with Crippen LogP contribution in [0.2, 0.25) is 0 Å². The Balaban J connectivity index is 2.68. The smallest absolute Gasteiger partial charge is 0.274 e. The standard InChI is InChI=1S/C11H9BrN2O2/c1-7-2-3-9(8(12)6-7)14-5-4-10(15)13-11(14)16/h2-6H,1H3,(H,13,15,16). The molecule has 0 radical (unpaired) electrons. The highest BCUT2D eigenvalue weighted by Gasteiger charge is 2.04. The first kappa shape index (κ1) is 10.9. The molecular formula is C11H9BrN2O2. The summed E-state index contributed by atoms with van der Waals surface area (Å²) in [6.07, 6.45) is 1.45. The van der Waals surface area contributed by atoms with Crippen LogP contribution in [-0.2, 0) is 0 Å². The topological polar surface area (TPSA) is 54.9 Å². The number of halogens is 1. The van der Waals surface area contributed by atoms with Crippen LogP contribution in [0.25, 0.3) is 5.69 Å². The van der Waals surface area contributed by atoms with E-state index < -0.39 is 11.2 Å². The largest absolute Gasteiger partial charge is 0.332 e. The molecule has 0 unspecified atom stereocenters. The van der Waals surface area contributed by atoms with E-state index in [4.69, 9.17) is 0 Å². The highest BCUT2D eigenvalue weighted by molar-refractivity contribution is 9.10. The lowest BCUT2D eigenvalue weighted by molar-refractivity contribution is 0.892. The fraction of sp³-hybridized carbons (Fsp3) is 0.0909. The Morgan fingerprint density at radius 1 is 1.25 bits per heavy atom. The van der Waals surface area contributed by atoms with Crippen LogP contribution in [0.15, 0.2) is 44.5 Å². The lowest BCUT2D eigenvalue weighted by atomic mass is 10.2. The summed E-state index contributed by atoms with van der Waals surface area (Å²) in [5.41, 5.74) is 0.946. The third-order valence-electron chi connectivity index (χ3n) is 2.19. The summed E-state index contributed by atoms with van der Waals surface area (Å²) in [6.45, 7) is 1.96. The van der Waals surface area contributed by atoms with E-state index in [0.717, 1.165) is 10.0 Å². The van der Waals surface area contributed by atoms with Gasteiger partial charge in [-0.05, 0) is 40.5 Å². The van der Waals surface area contributed by atoms with Gasteiger partial charge in [0.1, 0.15) is 0 Å². The van der Waals surface area contributed by atoms with Crippen molar-refractivity contribution in [2.75, 3.05) is 0 Å². The van der Waals surface area contributed by atoms with E-state index in [1.165, 1.54) is 16.8 Å². The van der Waals surface area contributed by atoms with E-state index in [1.54, 1.807) is 0 Å². The van der Waals surface area contributed by atoms with Gasteiger partial charge in [0.15, 0.2) is 0 Å². The van der Waals surface area contributed by atoms with Gasteiger partial charge in [0.25, 0.3) is 5.56 Å². The average Bonchev–Trinajstić information content (AvgIpc) is 2.19. The lowest BCUT2D eigenvalue weighted by Gasteiger charge is -2.07. The minimum atomic E-state index is -0.447. The number of benzene rings is 1. The number of aryl methyl sites for hydroxylation is 1. The molecule has 0 atom stereocenters. The number of hydrogen-bond donors (Lipinski definition) is 1. The van der Waals surface area contributed by atoms with Gasteiger partial charge in [-0.1, -0.05) is 6.07 Å². The van der Waals surface area contributed by atoms with Crippen LogP contribution in [0, 0.1) is 6.92 Å². The molecule has 0 aliphatic heterocycles. The zero-order chi connectivity index (χ0) is 11.7. The Morgan fingerprint density at radius 2 is 2.00 bits per heavy atom. The first-order valence-corrected chi connectivity index (χ1v) is 5.46. The molecule has 2 rings (SSSR count). The average molecular weight is 281 g/mol. The van der Waals surface area contributed by atoms with Crippen LogP contribution in [-0.4, -0.2) is 9.55 Å². The third kappa shape index (κ3) is 1.99. The van der Waals surface area contributed by atoms with Gasteiger partial charge >= 0.3 is 5.69 Å². The fourth-order valence-electron chi connectivity index (χ4n) is 1.41. The zero-order valence-electron chi connectivity index (χ0n) is 8.53. The molecule has 2 aromatic rings. The van der Waals surface area contributed by atoms with Crippen molar-refractivity contribution in [3.8, 4) is 5.69 Å². The number of rotatable bonds is 1. The molecule has 0 amide bonds. The van der Waals surface area contributed by atoms with Crippen LogP contribution >= 0.6 is 15.9 Å². The summed E-state index contributed by atoms with van der Waals surface area (Å²) >= 11 is 3.38. The molecule has 82 valence electrons. The Labute approximate surface area is 99.7 Å². The van der Waals surface area contributed by atoms with E-state index in [-0.39, 0.29) is 0 Å². The molecule has 1 aromatic carbocycles. The molecule has 0 aliphatic carbocycles. The first-order valence-electron chi connectivity index (χ1n) is 4.66. The molecule has 5 heteroatoms. The number of H-pyrrole nitrogens is 1. The van der Waals surface area contributed by atoms with Gasteiger partial charge in [0, 0.05) is 16.7 Å². The van der Waals surface area contributed by atoms with Crippen molar-refractivity contribution >= 4 is 15.9 Å². The van der Waals surface area contributed by atoms with Gasteiger partial charge in [0.2, 0.25) is 0 Å². The van der Waals surface area contributed by atoms with Gasteiger partial charge in [0.05, 0.1) is 5.69 Å². The predicted molar refractivity (Wildman–Crippen MR) is 65.1 cm³/mol. The van der Waals surface area contributed by atoms with Gasteiger partial charge in [-0.25, -0.2) is 4.79 Å². The first-order chi connectivity index (χ1) is 7.58. The SMILES string of the molecule is Cc1ccc(-n2ccc(=O)[nH]c2=O)c(Br)c1. The highest BCUT2D eigenvalue weighted by Crippen LogP contribution is 2.20. The summed E-state index contributed by atoms with van der Waals surface area (Å²) in [7, 11) is 0. The van der Waals surface area contributed by atoms with Gasteiger partial charge in [-0.15, -0.1) is 0 Å². The predicted octanol–water partition coefficient (Wildman–Crippen LogP) is 1.60. The minimum Gasteiger partial charge on any atom is -0.274 e. The summed E-state index contributed by atoms with van der Waals surface area (Å²) in [5, 5.41) is 0. The maximum atomic E-state index is 11.6. The third-order valence-corrected chi connectivity index (χ3v) is 2.82. The van der Waals surface area contributed by atoms with Crippen molar-refractivity contribution in [3.05, 3.63) is 61.3 Å². The van der Waals surface area contributed by atoms with Crippen molar-refractivity contribution in [3.63, 3.8) is 0 Å². The minimum absolute atomic E-state index is 0.399.